The van der Waals surface area contributed by atoms with Gasteiger partial charge in [0, 0.05) is 18.4 Å². The fraction of sp³-hybridized carbons (Fsp3) is 0.400. The number of carbonyl (C=O) groups excluding carboxylic acids is 1. The van der Waals surface area contributed by atoms with Crippen molar-refractivity contribution in [1.29, 1.82) is 0 Å². The molecule has 0 aliphatic heterocycles. The molecule has 1 aromatic rings. The largest absolute Gasteiger partial charge is 0.385 e. The fourth-order valence-electron chi connectivity index (χ4n) is 1.05. The van der Waals surface area contributed by atoms with E-state index in [1.54, 1.807) is 18.3 Å². The van der Waals surface area contributed by atoms with E-state index in [0.29, 0.717) is 12.5 Å². The zero-order valence-electron chi connectivity index (χ0n) is 8.73. The Hall–Kier alpha value is -1.62. The summed E-state index contributed by atoms with van der Waals surface area (Å²) in [6, 6.07) is 3.42. The highest BCUT2D eigenvalue weighted by Gasteiger charge is 2.03. The highest BCUT2D eigenvalue weighted by atomic mass is 16.1. The van der Waals surface area contributed by atoms with Crippen molar-refractivity contribution >= 4 is 11.6 Å². The van der Waals surface area contributed by atoms with Crippen LogP contribution in [-0.4, -0.2) is 24.0 Å². The summed E-state index contributed by atoms with van der Waals surface area (Å²) in [5.41, 5.74) is 11.7. The normalized spacial score (nSPS) is 12.1. The molecule has 5 heteroatoms. The van der Waals surface area contributed by atoms with Gasteiger partial charge < -0.3 is 16.8 Å². The molecule has 5 nitrogen and oxygen atoms in total. The lowest BCUT2D eigenvalue weighted by atomic mass is 10.2. The zero-order chi connectivity index (χ0) is 11.3. The van der Waals surface area contributed by atoms with Gasteiger partial charge in [-0.2, -0.15) is 0 Å². The van der Waals surface area contributed by atoms with E-state index in [1.165, 1.54) is 0 Å². The summed E-state index contributed by atoms with van der Waals surface area (Å²) < 4.78 is 0. The maximum absolute atomic E-state index is 10.9. The van der Waals surface area contributed by atoms with E-state index >= 15 is 0 Å². The van der Waals surface area contributed by atoms with Gasteiger partial charge in [-0.15, -0.1) is 0 Å². The molecule has 1 atom stereocenters. The Morgan fingerprint density at radius 1 is 1.67 bits per heavy atom. The number of hydrogen-bond acceptors (Lipinski definition) is 4. The van der Waals surface area contributed by atoms with E-state index in [9.17, 15) is 4.79 Å². The van der Waals surface area contributed by atoms with E-state index < -0.39 is 5.91 Å². The molecule has 15 heavy (non-hydrogen) atoms. The minimum absolute atomic E-state index is 0.264. The van der Waals surface area contributed by atoms with Crippen LogP contribution in [0, 0.1) is 5.92 Å². The average Bonchev–Trinajstić information content (AvgIpc) is 2.26. The first kappa shape index (κ1) is 11.5. The maximum atomic E-state index is 10.9. The molecular weight excluding hydrogens is 192 g/mol. The molecule has 0 aliphatic carbocycles. The number of nitrogens with two attached hydrogens (primary N) is 2. The second-order valence-electron chi connectivity index (χ2n) is 3.52. The molecule has 1 heterocycles. The van der Waals surface area contributed by atoms with Gasteiger partial charge in [-0.3, -0.25) is 9.78 Å². The smallest absolute Gasteiger partial charge is 0.267 e. The Kier molecular flexibility index (Phi) is 4.05. The summed E-state index contributed by atoms with van der Waals surface area (Å²) >= 11 is 0. The predicted molar refractivity (Wildman–Crippen MR) is 59.5 cm³/mol. The maximum Gasteiger partial charge on any atom is 0.267 e. The van der Waals surface area contributed by atoms with Gasteiger partial charge in [0.1, 0.15) is 5.69 Å². The molecule has 0 saturated heterocycles. The molecule has 1 unspecified atom stereocenters. The number of carbonyl (C=O) groups is 1. The van der Waals surface area contributed by atoms with Crippen LogP contribution in [0.3, 0.4) is 0 Å². The Balaban J connectivity index is 2.62. The molecule has 0 bridgehead atoms. The van der Waals surface area contributed by atoms with Crippen LogP contribution >= 0.6 is 0 Å². The number of primary amides is 1. The van der Waals surface area contributed by atoms with Gasteiger partial charge in [0.2, 0.25) is 0 Å². The number of anilines is 1. The lowest BCUT2D eigenvalue weighted by molar-refractivity contribution is 0.0995. The third-order valence-corrected chi connectivity index (χ3v) is 2.07. The molecule has 1 amide bonds. The summed E-state index contributed by atoms with van der Waals surface area (Å²) in [6.45, 7) is 3.43. The highest BCUT2D eigenvalue weighted by molar-refractivity contribution is 5.91. The van der Waals surface area contributed by atoms with Crippen molar-refractivity contribution in [1.82, 2.24) is 4.98 Å². The topological polar surface area (TPSA) is 94.0 Å². The third-order valence-electron chi connectivity index (χ3n) is 2.07. The first-order valence-electron chi connectivity index (χ1n) is 4.83. The molecule has 82 valence electrons. The highest BCUT2D eigenvalue weighted by Crippen LogP contribution is 2.08. The van der Waals surface area contributed by atoms with Crippen LogP contribution in [0.15, 0.2) is 18.3 Å². The summed E-state index contributed by atoms with van der Waals surface area (Å²) in [5.74, 6) is -0.138. The minimum Gasteiger partial charge on any atom is -0.385 e. The van der Waals surface area contributed by atoms with Crippen molar-refractivity contribution in [2.45, 2.75) is 6.92 Å². The van der Waals surface area contributed by atoms with Gasteiger partial charge in [-0.1, -0.05) is 6.92 Å². The molecule has 0 saturated carbocycles. The zero-order valence-corrected chi connectivity index (χ0v) is 8.73. The van der Waals surface area contributed by atoms with Crippen molar-refractivity contribution in [3.63, 3.8) is 0 Å². The molecule has 1 rings (SSSR count). The summed E-state index contributed by atoms with van der Waals surface area (Å²) in [5, 5.41) is 3.16. The lowest BCUT2D eigenvalue weighted by Gasteiger charge is -2.11. The predicted octanol–water partition coefficient (Wildman–Crippen LogP) is 0.187. The van der Waals surface area contributed by atoms with Gasteiger partial charge in [0.25, 0.3) is 5.91 Å². The molecule has 1 aromatic heterocycles. The molecule has 0 radical (unpaired) electrons. The van der Waals surface area contributed by atoms with E-state index in [1.807, 2.05) is 6.92 Å². The van der Waals surface area contributed by atoms with Gasteiger partial charge >= 0.3 is 0 Å². The lowest BCUT2D eigenvalue weighted by Crippen LogP contribution is -2.20. The Morgan fingerprint density at radius 3 is 3.00 bits per heavy atom. The molecule has 5 N–H and O–H groups in total. The number of nitrogens with one attached hydrogen (secondary N) is 1. The van der Waals surface area contributed by atoms with Crippen LogP contribution in [0.25, 0.3) is 0 Å². The van der Waals surface area contributed by atoms with Gasteiger partial charge in [-0.25, -0.2) is 0 Å². The summed E-state index contributed by atoms with van der Waals surface area (Å²) in [7, 11) is 0. The van der Waals surface area contributed by atoms with Crippen molar-refractivity contribution in [3.05, 3.63) is 24.0 Å². The van der Waals surface area contributed by atoms with E-state index in [2.05, 4.69) is 10.3 Å². The monoisotopic (exact) mass is 208 g/mol. The molecule has 0 fully saturated rings. The Labute approximate surface area is 88.9 Å². The van der Waals surface area contributed by atoms with Gasteiger partial charge in [0.05, 0.1) is 0 Å². The van der Waals surface area contributed by atoms with Crippen LogP contribution in [0.2, 0.25) is 0 Å². The van der Waals surface area contributed by atoms with Crippen molar-refractivity contribution in [2.75, 3.05) is 18.4 Å². The molecule has 0 spiro atoms. The van der Waals surface area contributed by atoms with Crippen molar-refractivity contribution < 1.29 is 4.79 Å². The van der Waals surface area contributed by atoms with Crippen molar-refractivity contribution in [2.24, 2.45) is 17.4 Å². The molecular formula is C10H16N4O. The van der Waals surface area contributed by atoms with Crippen LogP contribution in [-0.2, 0) is 0 Å². The average molecular weight is 208 g/mol. The number of nitrogens with zero attached hydrogens (tertiary/aromatic N) is 1. The minimum atomic E-state index is -0.523. The number of amides is 1. The molecule has 0 aliphatic rings. The number of aromatic nitrogens is 1. The van der Waals surface area contributed by atoms with E-state index in [-0.39, 0.29) is 5.69 Å². The van der Waals surface area contributed by atoms with E-state index in [0.717, 1.165) is 12.2 Å². The quantitative estimate of drug-likeness (QED) is 0.643. The van der Waals surface area contributed by atoms with Crippen LogP contribution < -0.4 is 16.8 Å². The Morgan fingerprint density at radius 2 is 2.40 bits per heavy atom. The summed E-state index contributed by atoms with van der Waals surface area (Å²) in [4.78, 5) is 14.7. The third kappa shape index (κ3) is 3.55. The fourth-order valence-corrected chi connectivity index (χ4v) is 1.05. The second kappa shape index (κ2) is 5.31. The standard InChI is InChI=1S/C10H16N4O/c1-7(5-11)6-14-8-2-3-13-9(4-8)10(12)15/h2-4,7H,5-6,11H2,1H3,(H2,12,15)(H,13,14). The van der Waals surface area contributed by atoms with Crippen LogP contribution in [0.5, 0.6) is 0 Å². The van der Waals surface area contributed by atoms with Gasteiger partial charge in [0.15, 0.2) is 0 Å². The second-order valence-corrected chi connectivity index (χ2v) is 3.52. The van der Waals surface area contributed by atoms with E-state index in [4.69, 9.17) is 11.5 Å². The summed E-state index contributed by atoms with van der Waals surface area (Å²) in [6.07, 6.45) is 1.55. The van der Waals surface area contributed by atoms with Gasteiger partial charge in [-0.05, 0) is 24.6 Å². The number of pyridine rings is 1. The SMILES string of the molecule is CC(CN)CNc1ccnc(C(N)=O)c1. The Bertz CT molecular complexity index is 340. The first-order valence-corrected chi connectivity index (χ1v) is 4.83. The number of hydrogen-bond donors (Lipinski definition) is 3. The number of rotatable bonds is 5. The first-order chi connectivity index (χ1) is 7.13. The van der Waals surface area contributed by atoms with Crippen molar-refractivity contribution in [3.8, 4) is 0 Å². The van der Waals surface area contributed by atoms with Crippen LogP contribution in [0.4, 0.5) is 5.69 Å². The van der Waals surface area contributed by atoms with Crippen LogP contribution in [0.1, 0.15) is 17.4 Å². The molecule has 0 aromatic carbocycles.